The first-order valence-corrected chi connectivity index (χ1v) is 16.9. The Kier molecular flexibility index (Phi) is 28.2. The van der Waals surface area contributed by atoms with Gasteiger partial charge in [-0.15, -0.1) is 0 Å². The molecule has 0 aromatic carbocycles. The zero-order valence-electron chi connectivity index (χ0n) is 24.9. The summed E-state index contributed by atoms with van der Waals surface area (Å²) in [5.74, 6) is 0. The average Bonchev–Trinajstić information content (AvgIpc) is 2.93. The molecule has 1 atom stereocenters. The number of aliphatic hydroxyl groups excluding tert-OH is 1. The van der Waals surface area contributed by atoms with Crippen LogP contribution < -0.4 is 0 Å². The lowest BCUT2D eigenvalue weighted by Gasteiger charge is -2.22. The summed E-state index contributed by atoms with van der Waals surface area (Å²) in [6, 6.07) is 0. The zero-order chi connectivity index (χ0) is 26.3. The molecular weight excluding hydrogens is 456 g/mol. The standard InChI is InChI=1S/C34H66O3/c35-31-27-24-22-20-18-16-14-12-10-8-6-4-2-1-3-5-7-9-11-13-15-17-19-21-23-25-28-32-36-34-30-26-29-33-37-34/h12,14,34-35H,1-11,13,15-33H2/b14-12-/t34-/m1/s1. The smallest absolute Gasteiger partial charge is 0.157 e. The monoisotopic (exact) mass is 523 g/mol. The van der Waals surface area contributed by atoms with Crippen LogP contribution in [0.1, 0.15) is 180 Å². The molecule has 1 aliphatic rings. The van der Waals surface area contributed by atoms with Crippen LogP contribution in [0.5, 0.6) is 0 Å². The third-order valence-corrected chi connectivity index (χ3v) is 7.90. The molecule has 0 aromatic rings. The molecule has 0 saturated carbocycles. The maximum atomic E-state index is 8.77. The minimum atomic E-state index is 0.0940. The number of rotatable bonds is 29. The van der Waals surface area contributed by atoms with E-state index in [9.17, 15) is 0 Å². The summed E-state index contributed by atoms with van der Waals surface area (Å²) in [6.45, 7) is 2.13. The Balaban J connectivity index is 1.63. The van der Waals surface area contributed by atoms with E-state index in [2.05, 4.69) is 12.2 Å². The first-order valence-electron chi connectivity index (χ1n) is 16.9. The second-order valence-corrected chi connectivity index (χ2v) is 11.6. The summed E-state index contributed by atoms with van der Waals surface area (Å²) in [5, 5.41) is 8.77. The van der Waals surface area contributed by atoms with Crippen molar-refractivity contribution in [2.45, 2.75) is 186 Å². The lowest BCUT2D eigenvalue weighted by Crippen LogP contribution is -2.22. The summed E-state index contributed by atoms with van der Waals surface area (Å²) in [6.07, 6.45) is 42.5. The molecule has 1 fully saturated rings. The number of hydrogen-bond acceptors (Lipinski definition) is 3. The second kappa shape index (κ2) is 30.2. The Morgan fingerprint density at radius 2 is 0.919 bits per heavy atom. The van der Waals surface area contributed by atoms with E-state index >= 15 is 0 Å². The fourth-order valence-corrected chi connectivity index (χ4v) is 5.39. The molecule has 0 radical (unpaired) electrons. The fourth-order valence-electron chi connectivity index (χ4n) is 5.39. The number of allylic oxidation sites excluding steroid dienone is 2. The summed E-state index contributed by atoms with van der Waals surface area (Å²) in [7, 11) is 0. The Morgan fingerprint density at radius 1 is 0.514 bits per heavy atom. The summed E-state index contributed by atoms with van der Waals surface area (Å²) in [5.41, 5.74) is 0. The van der Waals surface area contributed by atoms with Crippen molar-refractivity contribution >= 4 is 0 Å². The molecule has 3 nitrogen and oxygen atoms in total. The lowest BCUT2D eigenvalue weighted by molar-refractivity contribution is -0.162. The van der Waals surface area contributed by atoms with E-state index in [1.165, 1.54) is 167 Å². The average molecular weight is 523 g/mol. The van der Waals surface area contributed by atoms with Crippen molar-refractivity contribution in [3.63, 3.8) is 0 Å². The molecule has 1 saturated heterocycles. The van der Waals surface area contributed by atoms with Gasteiger partial charge in [0.1, 0.15) is 0 Å². The van der Waals surface area contributed by atoms with Crippen LogP contribution >= 0.6 is 0 Å². The summed E-state index contributed by atoms with van der Waals surface area (Å²) < 4.78 is 11.4. The first-order chi connectivity index (χ1) is 18.4. The number of ether oxygens (including phenoxy) is 2. The highest BCUT2D eigenvalue weighted by molar-refractivity contribution is 4.81. The van der Waals surface area contributed by atoms with Gasteiger partial charge in [-0.05, 0) is 57.8 Å². The SMILES string of the molecule is OCCCCCCC/C=C\CCCCCCCCCCCCCCCCCCCCO[C@H]1CCCCO1. The van der Waals surface area contributed by atoms with Gasteiger partial charge < -0.3 is 14.6 Å². The van der Waals surface area contributed by atoms with Gasteiger partial charge in [-0.25, -0.2) is 0 Å². The molecule has 37 heavy (non-hydrogen) atoms. The molecule has 0 aliphatic carbocycles. The highest BCUT2D eigenvalue weighted by Crippen LogP contribution is 2.16. The van der Waals surface area contributed by atoms with Crippen molar-refractivity contribution in [3.8, 4) is 0 Å². The molecular formula is C34H66O3. The zero-order valence-corrected chi connectivity index (χ0v) is 24.9. The lowest BCUT2D eigenvalue weighted by atomic mass is 10.0. The van der Waals surface area contributed by atoms with Crippen LogP contribution in [-0.4, -0.2) is 31.2 Å². The third-order valence-electron chi connectivity index (χ3n) is 7.90. The minimum Gasteiger partial charge on any atom is -0.396 e. The van der Waals surface area contributed by atoms with E-state index in [4.69, 9.17) is 14.6 Å². The molecule has 0 amide bonds. The van der Waals surface area contributed by atoms with E-state index < -0.39 is 0 Å². The van der Waals surface area contributed by atoms with Crippen LogP contribution in [0.3, 0.4) is 0 Å². The normalized spacial score (nSPS) is 16.2. The van der Waals surface area contributed by atoms with Crippen molar-refractivity contribution < 1.29 is 14.6 Å². The molecule has 0 bridgehead atoms. The van der Waals surface area contributed by atoms with Crippen LogP contribution in [0.2, 0.25) is 0 Å². The third kappa shape index (κ3) is 27.0. The van der Waals surface area contributed by atoms with Gasteiger partial charge in [-0.3, -0.25) is 0 Å². The van der Waals surface area contributed by atoms with Gasteiger partial charge in [0, 0.05) is 19.8 Å². The Hall–Kier alpha value is -0.380. The van der Waals surface area contributed by atoms with E-state index in [-0.39, 0.29) is 6.29 Å². The Morgan fingerprint density at radius 3 is 1.32 bits per heavy atom. The van der Waals surface area contributed by atoms with Crippen molar-refractivity contribution in [3.05, 3.63) is 12.2 Å². The topological polar surface area (TPSA) is 38.7 Å². The van der Waals surface area contributed by atoms with Gasteiger partial charge in [0.05, 0.1) is 0 Å². The maximum absolute atomic E-state index is 8.77. The fraction of sp³-hybridized carbons (Fsp3) is 0.941. The van der Waals surface area contributed by atoms with E-state index in [1.54, 1.807) is 0 Å². The largest absolute Gasteiger partial charge is 0.396 e. The predicted octanol–water partition coefficient (Wildman–Crippen LogP) is 10.8. The van der Waals surface area contributed by atoms with Crippen molar-refractivity contribution in [1.82, 2.24) is 0 Å². The maximum Gasteiger partial charge on any atom is 0.157 e. The van der Waals surface area contributed by atoms with Crippen LogP contribution in [0.25, 0.3) is 0 Å². The summed E-state index contributed by atoms with van der Waals surface area (Å²) in [4.78, 5) is 0. The molecule has 0 spiro atoms. The van der Waals surface area contributed by atoms with Crippen LogP contribution in [0.15, 0.2) is 12.2 Å². The van der Waals surface area contributed by atoms with Gasteiger partial charge in [-0.2, -0.15) is 0 Å². The minimum absolute atomic E-state index is 0.0940. The molecule has 3 heteroatoms. The molecule has 0 aromatic heterocycles. The molecule has 1 heterocycles. The number of aliphatic hydroxyl groups is 1. The van der Waals surface area contributed by atoms with Gasteiger partial charge in [0.25, 0.3) is 0 Å². The van der Waals surface area contributed by atoms with E-state index in [0.717, 1.165) is 26.1 Å². The highest BCUT2D eigenvalue weighted by atomic mass is 16.7. The van der Waals surface area contributed by atoms with Crippen LogP contribution in [0.4, 0.5) is 0 Å². The highest BCUT2D eigenvalue weighted by Gasteiger charge is 2.13. The Labute approximate surface area is 232 Å². The molecule has 1 rings (SSSR count). The van der Waals surface area contributed by atoms with Crippen molar-refractivity contribution in [2.75, 3.05) is 19.8 Å². The van der Waals surface area contributed by atoms with E-state index in [1.807, 2.05) is 0 Å². The van der Waals surface area contributed by atoms with Gasteiger partial charge in [-0.1, -0.05) is 134 Å². The van der Waals surface area contributed by atoms with Crippen LogP contribution in [0, 0.1) is 0 Å². The van der Waals surface area contributed by atoms with Gasteiger partial charge in [0.2, 0.25) is 0 Å². The predicted molar refractivity (Wildman–Crippen MR) is 161 cm³/mol. The number of unbranched alkanes of at least 4 members (excludes halogenated alkanes) is 23. The Bertz CT molecular complexity index is 444. The van der Waals surface area contributed by atoms with E-state index in [0.29, 0.717) is 6.61 Å². The molecule has 1 aliphatic heterocycles. The van der Waals surface area contributed by atoms with Crippen molar-refractivity contribution in [1.29, 1.82) is 0 Å². The first kappa shape index (κ1) is 34.6. The quantitative estimate of drug-likeness (QED) is 0.0784. The van der Waals surface area contributed by atoms with Gasteiger partial charge in [0.15, 0.2) is 6.29 Å². The molecule has 1 N–H and O–H groups in total. The second-order valence-electron chi connectivity index (χ2n) is 11.6. The molecule has 220 valence electrons. The van der Waals surface area contributed by atoms with Crippen LogP contribution in [-0.2, 0) is 9.47 Å². The van der Waals surface area contributed by atoms with Crippen molar-refractivity contribution in [2.24, 2.45) is 0 Å². The van der Waals surface area contributed by atoms with Gasteiger partial charge >= 0.3 is 0 Å². The number of hydrogen-bond donors (Lipinski definition) is 1. The summed E-state index contributed by atoms with van der Waals surface area (Å²) >= 11 is 0. The molecule has 0 unspecified atom stereocenters.